The van der Waals surface area contributed by atoms with Gasteiger partial charge < -0.3 is 10.6 Å². The highest BCUT2D eigenvalue weighted by atomic mass is 79.9. The summed E-state index contributed by atoms with van der Waals surface area (Å²) in [4.78, 5) is 2.09. The Bertz CT molecular complexity index is 450. The van der Waals surface area contributed by atoms with Gasteiger partial charge in [0.1, 0.15) is 0 Å². The van der Waals surface area contributed by atoms with Crippen molar-refractivity contribution in [1.82, 2.24) is 0 Å². The van der Waals surface area contributed by atoms with E-state index in [0.717, 1.165) is 24.3 Å². The highest BCUT2D eigenvalue weighted by molar-refractivity contribution is 9.10. The summed E-state index contributed by atoms with van der Waals surface area (Å²) >= 11 is 3.31. The molecule has 0 aliphatic heterocycles. The average molecular weight is 329 g/mol. The van der Waals surface area contributed by atoms with Gasteiger partial charge in [-0.3, -0.25) is 0 Å². The number of anilines is 1. The van der Waals surface area contributed by atoms with Crippen molar-refractivity contribution in [3.63, 3.8) is 0 Å². The molecule has 1 fully saturated rings. The molecule has 0 heterocycles. The van der Waals surface area contributed by atoms with E-state index in [2.05, 4.69) is 27.8 Å². The van der Waals surface area contributed by atoms with Crippen LogP contribution < -0.4 is 10.6 Å². The Labute approximate surface area is 123 Å². The molecule has 0 saturated heterocycles. The van der Waals surface area contributed by atoms with Gasteiger partial charge in [0.15, 0.2) is 5.82 Å². The molecular weight excluding hydrogens is 307 g/mol. The lowest BCUT2D eigenvalue weighted by molar-refractivity contribution is 0.335. The number of rotatable bonds is 3. The van der Waals surface area contributed by atoms with Crippen LogP contribution in [0.15, 0.2) is 16.6 Å². The topological polar surface area (TPSA) is 29.3 Å². The van der Waals surface area contributed by atoms with Gasteiger partial charge in [0.25, 0.3) is 0 Å². The summed E-state index contributed by atoms with van der Waals surface area (Å²) in [6.45, 7) is 2.63. The van der Waals surface area contributed by atoms with Crippen molar-refractivity contribution in [3.05, 3.63) is 28.0 Å². The van der Waals surface area contributed by atoms with E-state index < -0.39 is 0 Å². The van der Waals surface area contributed by atoms with E-state index in [1.165, 1.54) is 12.8 Å². The molecule has 0 spiro atoms. The summed E-state index contributed by atoms with van der Waals surface area (Å²) in [6.07, 6.45) is 4.82. The molecule has 1 saturated carbocycles. The highest BCUT2D eigenvalue weighted by Crippen LogP contribution is 2.34. The Morgan fingerprint density at radius 3 is 2.79 bits per heavy atom. The molecule has 2 unspecified atom stereocenters. The second kappa shape index (κ2) is 6.23. The van der Waals surface area contributed by atoms with Crippen molar-refractivity contribution in [1.29, 1.82) is 0 Å². The van der Waals surface area contributed by atoms with Crippen LogP contribution in [0.2, 0.25) is 0 Å². The minimum Gasteiger partial charge on any atom is -0.369 e. The lowest BCUT2D eigenvalue weighted by atomic mass is 9.86. The molecule has 0 radical (unpaired) electrons. The second-order valence-electron chi connectivity index (χ2n) is 5.61. The standard InChI is InChI=1S/C15H22BrFN2/c1-10-4-3-5-12(8-10)19(2)13-7-6-11(9-18)14(16)15(13)17/h6-7,10,12H,3-5,8-9,18H2,1-2H3. The van der Waals surface area contributed by atoms with Crippen LogP contribution in [0, 0.1) is 11.7 Å². The zero-order chi connectivity index (χ0) is 14.0. The van der Waals surface area contributed by atoms with Crippen molar-refractivity contribution in [2.45, 2.75) is 45.2 Å². The largest absolute Gasteiger partial charge is 0.369 e. The van der Waals surface area contributed by atoms with E-state index in [4.69, 9.17) is 5.73 Å². The van der Waals surface area contributed by atoms with Crippen molar-refractivity contribution < 1.29 is 4.39 Å². The fourth-order valence-corrected chi connectivity index (χ4v) is 3.46. The normalized spacial score (nSPS) is 23.4. The van der Waals surface area contributed by atoms with Gasteiger partial charge in [-0.2, -0.15) is 0 Å². The first kappa shape index (κ1) is 14.8. The number of hydrogen-bond acceptors (Lipinski definition) is 2. The van der Waals surface area contributed by atoms with Crippen molar-refractivity contribution in [2.24, 2.45) is 11.7 Å². The molecule has 0 amide bonds. The van der Waals surface area contributed by atoms with E-state index in [1.807, 2.05) is 19.2 Å². The molecule has 0 aromatic heterocycles. The van der Waals surface area contributed by atoms with Crippen LogP contribution in [0.5, 0.6) is 0 Å². The maximum absolute atomic E-state index is 14.4. The van der Waals surface area contributed by atoms with Gasteiger partial charge >= 0.3 is 0 Å². The molecule has 1 aliphatic carbocycles. The van der Waals surface area contributed by atoms with Crippen molar-refractivity contribution >= 4 is 21.6 Å². The van der Waals surface area contributed by atoms with Crippen LogP contribution in [0.3, 0.4) is 0 Å². The Morgan fingerprint density at radius 2 is 2.16 bits per heavy atom. The summed E-state index contributed by atoms with van der Waals surface area (Å²) in [6, 6.07) is 4.20. The summed E-state index contributed by atoms with van der Waals surface area (Å²) < 4.78 is 14.9. The number of nitrogens with zero attached hydrogens (tertiary/aromatic N) is 1. The summed E-state index contributed by atoms with van der Waals surface area (Å²) in [7, 11) is 2.00. The van der Waals surface area contributed by atoms with Crippen molar-refractivity contribution in [3.8, 4) is 0 Å². The third kappa shape index (κ3) is 3.11. The maximum atomic E-state index is 14.4. The van der Waals surface area contributed by atoms with Crippen LogP contribution >= 0.6 is 15.9 Å². The van der Waals surface area contributed by atoms with Gasteiger partial charge in [0, 0.05) is 19.6 Å². The molecule has 2 atom stereocenters. The third-order valence-electron chi connectivity index (χ3n) is 4.20. The van der Waals surface area contributed by atoms with Crippen LogP contribution in [0.4, 0.5) is 10.1 Å². The van der Waals surface area contributed by atoms with Crippen molar-refractivity contribution in [2.75, 3.05) is 11.9 Å². The molecule has 19 heavy (non-hydrogen) atoms. The lowest BCUT2D eigenvalue weighted by Crippen LogP contribution is -2.36. The first-order valence-electron chi connectivity index (χ1n) is 6.94. The number of hydrogen-bond donors (Lipinski definition) is 1. The van der Waals surface area contributed by atoms with Gasteiger partial charge in [-0.15, -0.1) is 0 Å². The molecule has 106 valence electrons. The Hall–Kier alpha value is -0.610. The minimum atomic E-state index is -0.191. The molecule has 2 rings (SSSR count). The SMILES string of the molecule is CC1CCCC(N(C)c2ccc(CN)c(Br)c2F)C1. The number of nitrogens with two attached hydrogens (primary N) is 1. The van der Waals surface area contributed by atoms with E-state index in [0.29, 0.717) is 22.7 Å². The fraction of sp³-hybridized carbons (Fsp3) is 0.600. The van der Waals surface area contributed by atoms with E-state index in [-0.39, 0.29) is 5.82 Å². The molecule has 0 bridgehead atoms. The summed E-state index contributed by atoms with van der Waals surface area (Å²) in [5, 5.41) is 0. The van der Waals surface area contributed by atoms with Crippen LogP contribution in [0.1, 0.15) is 38.2 Å². The number of halogens is 2. The molecule has 1 aromatic rings. The van der Waals surface area contributed by atoms with Gasteiger partial charge in [0.2, 0.25) is 0 Å². The maximum Gasteiger partial charge on any atom is 0.160 e. The molecule has 1 aliphatic rings. The molecule has 1 aromatic carbocycles. The highest BCUT2D eigenvalue weighted by Gasteiger charge is 2.25. The quantitative estimate of drug-likeness (QED) is 0.906. The predicted molar refractivity (Wildman–Crippen MR) is 81.8 cm³/mol. The first-order chi connectivity index (χ1) is 9.04. The second-order valence-corrected chi connectivity index (χ2v) is 6.41. The fourth-order valence-electron chi connectivity index (χ4n) is 2.96. The molecule has 2 N–H and O–H groups in total. The van der Waals surface area contributed by atoms with Gasteiger partial charge in [-0.05, 0) is 46.3 Å². The lowest BCUT2D eigenvalue weighted by Gasteiger charge is -2.36. The zero-order valence-corrected chi connectivity index (χ0v) is 13.2. The minimum absolute atomic E-state index is 0.191. The molecular formula is C15H22BrFN2. The van der Waals surface area contributed by atoms with Gasteiger partial charge in [-0.1, -0.05) is 25.8 Å². The predicted octanol–water partition coefficient (Wildman–Crippen LogP) is 4.06. The molecule has 2 nitrogen and oxygen atoms in total. The van der Waals surface area contributed by atoms with E-state index >= 15 is 0 Å². The smallest absolute Gasteiger partial charge is 0.160 e. The van der Waals surface area contributed by atoms with E-state index in [1.54, 1.807) is 0 Å². The Morgan fingerprint density at radius 1 is 1.42 bits per heavy atom. The van der Waals surface area contributed by atoms with Crippen LogP contribution in [-0.4, -0.2) is 13.1 Å². The van der Waals surface area contributed by atoms with Crippen LogP contribution in [-0.2, 0) is 6.54 Å². The Kier molecular flexibility index (Phi) is 4.85. The summed E-state index contributed by atoms with van der Waals surface area (Å²) in [5.41, 5.74) is 7.08. The monoisotopic (exact) mass is 328 g/mol. The Balaban J connectivity index is 2.23. The first-order valence-corrected chi connectivity index (χ1v) is 7.73. The average Bonchev–Trinajstić information content (AvgIpc) is 2.41. The zero-order valence-electron chi connectivity index (χ0n) is 11.6. The van der Waals surface area contributed by atoms with Crippen LogP contribution in [0.25, 0.3) is 0 Å². The number of benzene rings is 1. The molecule has 4 heteroatoms. The van der Waals surface area contributed by atoms with Gasteiger partial charge in [-0.25, -0.2) is 4.39 Å². The third-order valence-corrected chi connectivity index (χ3v) is 5.06. The summed E-state index contributed by atoms with van der Waals surface area (Å²) in [5.74, 6) is 0.541. The van der Waals surface area contributed by atoms with Gasteiger partial charge in [0.05, 0.1) is 10.2 Å². The van der Waals surface area contributed by atoms with E-state index in [9.17, 15) is 4.39 Å².